The maximum absolute atomic E-state index is 14.1. The Morgan fingerprint density at radius 2 is 1.96 bits per heavy atom. The van der Waals surface area contributed by atoms with Crippen LogP contribution in [0, 0.1) is 12.7 Å². The molecule has 0 atom stereocenters. The van der Waals surface area contributed by atoms with Gasteiger partial charge in [0.15, 0.2) is 0 Å². The van der Waals surface area contributed by atoms with Gasteiger partial charge in [-0.25, -0.2) is 14.4 Å². The van der Waals surface area contributed by atoms with Crippen LogP contribution in [0.25, 0.3) is 11.3 Å². The molecular formula is C17H20FN5O. The van der Waals surface area contributed by atoms with Crippen molar-refractivity contribution in [1.29, 1.82) is 0 Å². The predicted octanol–water partition coefficient (Wildman–Crippen LogP) is 1.20. The summed E-state index contributed by atoms with van der Waals surface area (Å²) in [6.45, 7) is 4.32. The van der Waals surface area contributed by atoms with Crippen LogP contribution in [0.2, 0.25) is 0 Å². The Morgan fingerprint density at radius 1 is 1.25 bits per heavy atom. The van der Waals surface area contributed by atoms with Crippen molar-refractivity contribution in [2.24, 2.45) is 5.73 Å². The monoisotopic (exact) mass is 329 g/mol. The number of nitrogens with zero attached hydrogens (tertiary/aromatic N) is 4. The smallest absolute Gasteiger partial charge is 0.236 e. The predicted molar refractivity (Wildman–Crippen MR) is 90.0 cm³/mol. The third-order valence-corrected chi connectivity index (χ3v) is 4.18. The first-order valence-electron chi connectivity index (χ1n) is 7.91. The standard InChI is InChI=1S/C17H20FN5O/c1-12-11-20-17(21-16(12)13-4-2-3-5-14(13)18)23-8-6-22(7-9-23)15(24)10-19/h2-5,11H,6-10,19H2,1H3. The molecule has 1 aromatic carbocycles. The van der Waals surface area contributed by atoms with Gasteiger partial charge in [0.2, 0.25) is 11.9 Å². The van der Waals surface area contributed by atoms with Crippen LogP contribution in [0.1, 0.15) is 5.56 Å². The van der Waals surface area contributed by atoms with Crippen LogP contribution in [0.15, 0.2) is 30.5 Å². The highest BCUT2D eigenvalue weighted by atomic mass is 19.1. The molecule has 126 valence electrons. The zero-order chi connectivity index (χ0) is 17.1. The Hall–Kier alpha value is -2.54. The topological polar surface area (TPSA) is 75.4 Å². The van der Waals surface area contributed by atoms with E-state index in [9.17, 15) is 9.18 Å². The summed E-state index contributed by atoms with van der Waals surface area (Å²) in [4.78, 5) is 24.3. The van der Waals surface area contributed by atoms with Crippen molar-refractivity contribution < 1.29 is 9.18 Å². The number of carbonyl (C=O) groups excluding carboxylic acids is 1. The summed E-state index contributed by atoms with van der Waals surface area (Å²) < 4.78 is 14.1. The van der Waals surface area contributed by atoms with Gasteiger partial charge in [-0.2, -0.15) is 0 Å². The quantitative estimate of drug-likeness (QED) is 0.916. The van der Waals surface area contributed by atoms with Gasteiger partial charge in [-0.1, -0.05) is 12.1 Å². The molecule has 2 heterocycles. The lowest BCUT2D eigenvalue weighted by molar-refractivity contribution is -0.129. The SMILES string of the molecule is Cc1cnc(N2CCN(C(=O)CN)CC2)nc1-c1ccccc1F. The first kappa shape index (κ1) is 16.3. The molecule has 3 rings (SSSR count). The molecule has 1 aliphatic heterocycles. The number of benzene rings is 1. The lowest BCUT2D eigenvalue weighted by Crippen LogP contribution is -2.50. The number of amides is 1. The van der Waals surface area contributed by atoms with Crippen LogP contribution in [0.4, 0.5) is 10.3 Å². The fraction of sp³-hybridized carbons (Fsp3) is 0.353. The second-order valence-corrected chi connectivity index (χ2v) is 5.75. The Morgan fingerprint density at radius 3 is 2.62 bits per heavy atom. The van der Waals surface area contributed by atoms with Gasteiger partial charge < -0.3 is 15.5 Å². The summed E-state index contributed by atoms with van der Waals surface area (Å²) in [5.74, 6) is 0.203. The Bertz CT molecular complexity index is 744. The number of anilines is 1. The number of aryl methyl sites for hydroxylation is 1. The molecule has 0 radical (unpaired) electrons. The van der Waals surface area contributed by atoms with E-state index in [1.54, 1.807) is 29.3 Å². The molecule has 1 saturated heterocycles. The number of piperazine rings is 1. The van der Waals surface area contributed by atoms with E-state index in [2.05, 4.69) is 9.97 Å². The highest BCUT2D eigenvalue weighted by Gasteiger charge is 2.22. The molecule has 0 unspecified atom stereocenters. The molecule has 0 saturated carbocycles. The van der Waals surface area contributed by atoms with E-state index in [4.69, 9.17) is 5.73 Å². The number of nitrogens with two attached hydrogens (primary N) is 1. The molecule has 1 aliphatic rings. The molecule has 1 fully saturated rings. The number of aromatic nitrogens is 2. The van der Waals surface area contributed by atoms with Gasteiger partial charge >= 0.3 is 0 Å². The molecule has 6 nitrogen and oxygen atoms in total. The van der Waals surface area contributed by atoms with Gasteiger partial charge in [-0.15, -0.1) is 0 Å². The minimum absolute atomic E-state index is 0.0263. The van der Waals surface area contributed by atoms with Crippen LogP contribution in [0.3, 0.4) is 0 Å². The third-order valence-electron chi connectivity index (χ3n) is 4.18. The second-order valence-electron chi connectivity index (χ2n) is 5.75. The first-order chi connectivity index (χ1) is 11.6. The third kappa shape index (κ3) is 3.21. The summed E-state index contributed by atoms with van der Waals surface area (Å²) in [5, 5.41) is 0. The largest absolute Gasteiger partial charge is 0.338 e. The maximum Gasteiger partial charge on any atom is 0.236 e. The average molecular weight is 329 g/mol. The fourth-order valence-electron chi connectivity index (χ4n) is 2.80. The number of carbonyl (C=O) groups is 1. The van der Waals surface area contributed by atoms with Gasteiger partial charge in [0.25, 0.3) is 0 Å². The zero-order valence-electron chi connectivity index (χ0n) is 13.6. The van der Waals surface area contributed by atoms with Crippen molar-refractivity contribution in [3.63, 3.8) is 0 Å². The second kappa shape index (κ2) is 6.92. The molecule has 0 aliphatic carbocycles. The molecule has 2 N–H and O–H groups in total. The molecule has 7 heteroatoms. The Kier molecular flexibility index (Phi) is 4.71. The fourth-order valence-corrected chi connectivity index (χ4v) is 2.80. The lowest BCUT2D eigenvalue weighted by atomic mass is 10.1. The molecule has 0 spiro atoms. The van der Waals surface area contributed by atoms with Crippen molar-refractivity contribution >= 4 is 11.9 Å². The van der Waals surface area contributed by atoms with E-state index >= 15 is 0 Å². The van der Waals surface area contributed by atoms with E-state index in [1.165, 1.54) is 6.07 Å². The van der Waals surface area contributed by atoms with Crippen molar-refractivity contribution in [1.82, 2.24) is 14.9 Å². The van der Waals surface area contributed by atoms with Gasteiger partial charge in [-0.3, -0.25) is 4.79 Å². The van der Waals surface area contributed by atoms with Gasteiger partial charge in [0.1, 0.15) is 5.82 Å². The summed E-state index contributed by atoms with van der Waals surface area (Å²) >= 11 is 0. The summed E-state index contributed by atoms with van der Waals surface area (Å²) in [5.41, 5.74) is 7.28. The molecule has 2 aromatic rings. The van der Waals surface area contributed by atoms with Crippen LogP contribution in [0.5, 0.6) is 0 Å². The summed E-state index contributed by atoms with van der Waals surface area (Å²) in [6.07, 6.45) is 1.71. The Balaban J connectivity index is 1.83. The van der Waals surface area contributed by atoms with E-state index in [1.807, 2.05) is 11.8 Å². The summed E-state index contributed by atoms with van der Waals surface area (Å²) in [6, 6.07) is 6.58. The molecule has 0 bridgehead atoms. The number of halogens is 1. The summed E-state index contributed by atoms with van der Waals surface area (Å²) in [7, 11) is 0. The van der Waals surface area contributed by atoms with E-state index in [0.717, 1.165) is 5.56 Å². The number of rotatable bonds is 3. The van der Waals surface area contributed by atoms with Crippen molar-refractivity contribution in [3.05, 3.63) is 41.8 Å². The van der Waals surface area contributed by atoms with E-state index in [0.29, 0.717) is 43.4 Å². The van der Waals surface area contributed by atoms with Gasteiger partial charge in [0.05, 0.1) is 12.2 Å². The average Bonchev–Trinajstić information content (AvgIpc) is 2.62. The van der Waals surface area contributed by atoms with Crippen LogP contribution in [-0.4, -0.2) is 53.5 Å². The van der Waals surface area contributed by atoms with Crippen molar-refractivity contribution in [2.45, 2.75) is 6.92 Å². The van der Waals surface area contributed by atoms with E-state index in [-0.39, 0.29) is 18.3 Å². The highest BCUT2D eigenvalue weighted by molar-refractivity contribution is 5.78. The first-order valence-corrected chi connectivity index (χ1v) is 7.91. The van der Waals surface area contributed by atoms with Crippen LogP contribution >= 0.6 is 0 Å². The zero-order valence-corrected chi connectivity index (χ0v) is 13.6. The van der Waals surface area contributed by atoms with E-state index < -0.39 is 0 Å². The lowest BCUT2D eigenvalue weighted by Gasteiger charge is -2.34. The number of hydrogen-bond acceptors (Lipinski definition) is 5. The minimum Gasteiger partial charge on any atom is -0.338 e. The minimum atomic E-state index is -0.302. The molecular weight excluding hydrogens is 309 g/mol. The van der Waals surface area contributed by atoms with Crippen LogP contribution in [-0.2, 0) is 4.79 Å². The van der Waals surface area contributed by atoms with Gasteiger partial charge in [0, 0.05) is 37.9 Å². The normalized spacial score (nSPS) is 14.8. The van der Waals surface area contributed by atoms with Crippen molar-refractivity contribution in [2.75, 3.05) is 37.6 Å². The highest BCUT2D eigenvalue weighted by Crippen LogP contribution is 2.25. The van der Waals surface area contributed by atoms with Crippen LogP contribution < -0.4 is 10.6 Å². The molecule has 24 heavy (non-hydrogen) atoms. The maximum atomic E-state index is 14.1. The Labute approximate surface area is 140 Å². The van der Waals surface area contributed by atoms with Gasteiger partial charge in [-0.05, 0) is 24.6 Å². The molecule has 1 amide bonds. The number of hydrogen-bond donors (Lipinski definition) is 1. The molecule has 1 aromatic heterocycles. The van der Waals surface area contributed by atoms with Crippen molar-refractivity contribution in [3.8, 4) is 11.3 Å².